The van der Waals surface area contributed by atoms with Crippen LogP contribution in [0.1, 0.15) is 97.3 Å². The second-order valence-electron chi connectivity index (χ2n) is 15.0. The Kier molecular flexibility index (Phi) is 4.45. The summed E-state index contributed by atoms with van der Waals surface area (Å²) in [5.74, 6) is 2.84. The average Bonchev–Trinajstić information content (AvgIpc) is 3.48. The maximum Gasteiger partial charge on any atom is 0.253 e. The van der Waals surface area contributed by atoms with Gasteiger partial charge in [-0.05, 0) is 173 Å². The average molecular weight is 579 g/mol. The summed E-state index contributed by atoms with van der Waals surface area (Å²) in [5, 5.41) is 0. The van der Waals surface area contributed by atoms with Crippen molar-refractivity contribution in [3.63, 3.8) is 0 Å². The van der Waals surface area contributed by atoms with Gasteiger partial charge in [0.2, 0.25) is 0 Å². The van der Waals surface area contributed by atoms with Crippen molar-refractivity contribution in [2.75, 3.05) is 9.80 Å². The molecule has 0 radical (unpaired) electrons. The fourth-order valence-corrected chi connectivity index (χ4v) is 11.5. The lowest BCUT2D eigenvalue weighted by molar-refractivity contribution is 0.357. The number of para-hydroxylation sites is 2. The van der Waals surface area contributed by atoms with E-state index in [2.05, 4.69) is 101 Å². The quantitative estimate of drug-likeness (QED) is 0.189. The Morgan fingerprint density at radius 2 is 0.844 bits per heavy atom. The van der Waals surface area contributed by atoms with Crippen LogP contribution in [-0.4, -0.2) is 6.71 Å². The summed E-state index contributed by atoms with van der Waals surface area (Å²) < 4.78 is 0. The summed E-state index contributed by atoms with van der Waals surface area (Å²) in [6.45, 7) is 0.308. The van der Waals surface area contributed by atoms with Gasteiger partial charge < -0.3 is 9.80 Å². The van der Waals surface area contributed by atoms with Crippen LogP contribution >= 0.6 is 0 Å². The fraction of sp³-hybridized carbons (Fsp3) is 0.286. The molecule has 0 spiro atoms. The van der Waals surface area contributed by atoms with Crippen LogP contribution in [0.15, 0.2) is 91.0 Å². The van der Waals surface area contributed by atoms with Crippen molar-refractivity contribution in [1.29, 1.82) is 0 Å². The molecule has 2 saturated carbocycles. The normalized spacial score (nSPS) is 24.9. The molecule has 5 aromatic rings. The van der Waals surface area contributed by atoms with Crippen LogP contribution in [0.4, 0.5) is 34.1 Å². The standard InChI is InChI=1S/C42H35BN2/c1-3-8-28(9-4-1)44-32-12-7-13-33-40(32)43-41-34(44)22-30-24-14-18-26(19-15-24)36(30)38(41)39-37-27-20-16-25(17-21-27)31(37)23-35(42(39)43)45(33)29-10-5-2-6-11-29/h1-13,22-27H,14-21H2. The summed E-state index contributed by atoms with van der Waals surface area (Å²) >= 11 is 0. The third-order valence-electron chi connectivity index (χ3n) is 13.2. The van der Waals surface area contributed by atoms with Crippen LogP contribution in [0.25, 0.3) is 11.1 Å². The van der Waals surface area contributed by atoms with E-state index in [1.54, 1.807) is 44.3 Å². The second kappa shape index (κ2) is 8.32. The maximum absolute atomic E-state index is 2.69. The number of rotatable bonds is 2. The number of nitrogens with zero attached hydrogens (tertiary/aromatic N) is 2. The monoisotopic (exact) mass is 578 g/mol. The van der Waals surface area contributed by atoms with Crippen LogP contribution in [0.3, 0.4) is 0 Å². The minimum Gasteiger partial charge on any atom is -0.311 e. The highest BCUT2D eigenvalue weighted by atomic mass is 15.2. The minimum atomic E-state index is 0.308. The summed E-state index contributed by atoms with van der Waals surface area (Å²) in [7, 11) is 0. The number of fused-ring (bicyclic) bond motifs is 5. The molecule has 4 bridgehead atoms. The number of hydrogen-bond acceptors (Lipinski definition) is 2. The van der Waals surface area contributed by atoms with Gasteiger partial charge in [-0.3, -0.25) is 0 Å². The van der Waals surface area contributed by atoms with Gasteiger partial charge in [0.25, 0.3) is 6.71 Å². The molecule has 2 nitrogen and oxygen atoms in total. The van der Waals surface area contributed by atoms with Gasteiger partial charge in [-0.15, -0.1) is 0 Å². The molecule has 216 valence electrons. The molecule has 5 aromatic carbocycles. The van der Waals surface area contributed by atoms with E-state index in [1.165, 1.54) is 91.0 Å². The van der Waals surface area contributed by atoms with E-state index in [4.69, 9.17) is 0 Å². The Labute approximate surface area is 265 Å². The highest BCUT2D eigenvalue weighted by Gasteiger charge is 2.54. The van der Waals surface area contributed by atoms with E-state index in [9.17, 15) is 0 Å². The van der Waals surface area contributed by atoms with Gasteiger partial charge in [-0.2, -0.15) is 0 Å². The zero-order valence-corrected chi connectivity index (χ0v) is 25.6. The second-order valence-corrected chi connectivity index (χ2v) is 15.0. The molecule has 9 aliphatic rings. The Morgan fingerprint density at radius 3 is 1.29 bits per heavy atom. The first kappa shape index (κ1) is 24.1. The van der Waals surface area contributed by atoms with E-state index >= 15 is 0 Å². The molecule has 0 amide bonds. The van der Waals surface area contributed by atoms with Crippen molar-refractivity contribution in [2.45, 2.75) is 75.0 Å². The molecule has 0 saturated heterocycles. The van der Waals surface area contributed by atoms with E-state index in [0.717, 1.165) is 0 Å². The van der Waals surface area contributed by atoms with E-state index in [1.807, 2.05) is 0 Å². The number of anilines is 6. The molecule has 0 unspecified atom stereocenters. The number of hydrogen-bond donors (Lipinski definition) is 0. The Hall–Kier alpha value is -4.24. The minimum absolute atomic E-state index is 0.308. The van der Waals surface area contributed by atoms with E-state index in [-0.39, 0.29) is 0 Å². The molecule has 0 N–H and O–H groups in total. The highest BCUT2D eigenvalue weighted by Crippen LogP contribution is 2.61. The highest BCUT2D eigenvalue weighted by molar-refractivity contribution is 7.03. The molecule has 2 fully saturated rings. The molecular weight excluding hydrogens is 543 g/mol. The van der Waals surface area contributed by atoms with E-state index in [0.29, 0.717) is 30.4 Å². The fourth-order valence-electron chi connectivity index (χ4n) is 11.5. The third-order valence-corrected chi connectivity index (χ3v) is 13.2. The van der Waals surface area contributed by atoms with Gasteiger partial charge in [0, 0.05) is 34.1 Å². The van der Waals surface area contributed by atoms with Crippen LogP contribution in [-0.2, 0) is 0 Å². The zero-order valence-electron chi connectivity index (χ0n) is 25.6. The molecular formula is C42H35BN2. The van der Waals surface area contributed by atoms with Crippen LogP contribution in [0.5, 0.6) is 0 Å². The van der Waals surface area contributed by atoms with Gasteiger partial charge in [0.1, 0.15) is 0 Å². The van der Waals surface area contributed by atoms with Crippen LogP contribution in [0.2, 0.25) is 0 Å². The van der Waals surface area contributed by atoms with Crippen molar-refractivity contribution >= 4 is 57.2 Å². The van der Waals surface area contributed by atoms with Crippen molar-refractivity contribution in [3.8, 4) is 11.1 Å². The van der Waals surface area contributed by atoms with E-state index < -0.39 is 0 Å². The predicted molar refractivity (Wildman–Crippen MR) is 187 cm³/mol. The lowest BCUT2D eigenvalue weighted by Crippen LogP contribution is -2.59. The summed E-state index contributed by atoms with van der Waals surface area (Å²) in [4.78, 5) is 5.30. The van der Waals surface area contributed by atoms with Crippen molar-refractivity contribution in [1.82, 2.24) is 0 Å². The van der Waals surface area contributed by atoms with Crippen molar-refractivity contribution in [2.24, 2.45) is 0 Å². The largest absolute Gasteiger partial charge is 0.311 e. The third kappa shape index (κ3) is 2.82. The maximum atomic E-state index is 2.69. The van der Waals surface area contributed by atoms with Crippen molar-refractivity contribution < 1.29 is 0 Å². The van der Waals surface area contributed by atoms with Crippen LogP contribution in [0, 0.1) is 0 Å². The molecule has 3 aliphatic heterocycles. The Balaban J connectivity index is 1.29. The lowest BCUT2D eigenvalue weighted by Gasteiger charge is -2.45. The topological polar surface area (TPSA) is 6.48 Å². The summed E-state index contributed by atoms with van der Waals surface area (Å²) in [6.07, 6.45) is 10.9. The Bertz CT molecular complexity index is 1950. The van der Waals surface area contributed by atoms with Gasteiger partial charge in [0.15, 0.2) is 0 Å². The summed E-state index contributed by atoms with van der Waals surface area (Å²) in [5.41, 5.74) is 23.3. The van der Waals surface area contributed by atoms with Gasteiger partial charge in [0.05, 0.1) is 0 Å². The number of benzene rings is 5. The van der Waals surface area contributed by atoms with Crippen molar-refractivity contribution in [3.05, 3.63) is 113 Å². The molecule has 45 heavy (non-hydrogen) atoms. The molecule has 0 aromatic heterocycles. The van der Waals surface area contributed by atoms with Gasteiger partial charge in [-0.1, -0.05) is 42.5 Å². The first-order valence-electron chi connectivity index (χ1n) is 17.6. The Morgan fingerprint density at radius 1 is 0.422 bits per heavy atom. The molecule has 3 heterocycles. The van der Waals surface area contributed by atoms with Gasteiger partial charge in [-0.25, -0.2) is 0 Å². The molecule has 14 rings (SSSR count). The molecule has 0 atom stereocenters. The SMILES string of the molecule is c1ccc(N2c3cccc4c3B3c5c2cc2c(c5-c5c3c(cc3c5C5CCC3CC5)N4c3ccccc3)C3CCC2CC3)cc1. The molecule has 6 aliphatic carbocycles. The predicted octanol–water partition coefficient (Wildman–Crippen LogP) is 9.26. The first-order valence-corrected chi connectivity index (χ1v) is 17.6. The lowest BCUT2D eigenvalue weighted by atomic mass is 9.35. The first-order chi connectivity index (χ1) is 22.3. The smallest absolute Gasteiger partial charge is 0.253 e. The van der Waals surface area contributed by atoms with Crippen LogP contribution < -0.4 is 26.2 Å². The molecule has 3 heteroatoms. The summed E-state index contributed by atoms with van der Waals surface area (Å²) in [6, 6.07) is 35.0. The van der Waals surface area contributed by atoms with Gasteiger partial charge >= 0.3 is 0 Å². The zero-order chi connectivity index (χ0) is 29.0.